The normalized spacial score (nSPS) is 18.5. The van der Waals surface area contributed by atoms with Crippen LogP contribution in [0.3, 0.4) is 0 Å². The molecule has 0 saturated carbocycles. The molecule has 126 valence electrons. The fourth-order valence-electron chi connectivity index (χ4n) is 2.60. The number of nitrogens with zero attached hydrogens (tertiary/aromatic N) is 3. The van der Waals surface area contributed by atoms with Crippen LogP contribution in [0.1, 0.15) is 18.4 Å². The monoisotopic (exact) mass is 336 g/mol. The van der Waals surface area contributed by atoms with Crippen LogP contribution in [0.25, 0.3) is 0 Å². The van der Waals surface area contributed by atoms with Crippen molar-refractivity contribution < 1.29 is 18.0 Å². The number of hydrogen-bond acceptors (Lipinski definition) is 4. The average molecular weight is 336 g/mol. The summed E-state index contributed by atoms with van der Waals surface area (Å²) in [5, 5.41) is 2.92. The van der Waals surface area contributed by atoms with Crippen molar-refractivity contribution in [3.05, 3.63) is 48.4 Å². The first-order valence-electron chi connectivity index (χ1n) is 7.46. The summed E-state index contributed by atoms with van der Waals surface area (Å²) < 4.78 is 37.7. The minimum atomic E-state index is -4.43. The summed E-state index contributed by atoms with van der Waals surface area (Å²) in [6, 6.07) is 5.20. The zero-order valence-corrected chi connectivity index (χ0v) is 12.6. The maximum absolute atomic E-state index is 12.6. The molecule has 8 heteroatoms. The maximum Gasteiger partial charge on any atom is 0.417 e. The summed E-state index contributed by atoms with van der Waals surface area (Å²) in [7, 11) is 0. The Morgan fingerprint density at radius 1 is 1.21 bits per heavy atom. The number of anilines is 2. The first kappa shape index (κ1) is 16.2. The highest BCUT2D eigenvalue weighted by atomic mass is 19.4. The molecule has 3 rings (SSSR count). The fraction of sp³-hybridized carbons (Fsp3) is 0.312. The van der Waals surface area contributed by atoms with E-state index < -0.39 is 17.8 Å². The van der Waals surface area contributed by atoms with Crippen molar-refractivity contribution >= 4 is 17.4 Å². The number of rotatable bonds is 3. The molecule has 3 heterocycles. The molecule has 1 amide bonds. The fourth-order valence-corrected chi connectivity index (χ4v) is 2.60. The molecule has 2 aromatic heterocycles. The van der Waals surface area contributed by atoms with Crippen LogP contribution in [0, 0.1) is 0 Å². The topological polar surface area (TPSA) is 58.1 Å². The van der Waals surface area contributed by atoms with Crippen LogP contribution in [0.5, 0.6) is 0 Å². The van der Waals surface area contributed by atoms with E-state index in [4.69, 9.17) is 0 Å². The number of pyridine rings is 2. The van der Waals surface area contributed by atoms with Crippen LogP contribution in [0.4, 0.5) is 24.7 Å². The largest absolute Gasteiger partial charge is 0.417 e. The van der Waals surface area contributed by atoms with Crippen LogP contribution in [0.15, 0.2) is 42.9 Å². The molecule has 1 fully saturated rings. The number of amides is 1. The number of carbonyl (C=O) groups excluding carboxylic acids is 1. The van der Waals surface area contributed by atoms with Crippen molar-refractivity contribution in [2.75, 3.05) is 16.8 Å². The Kier molecular flexibility index (Phi) is 4.37. The number of aromatic nitrogens is 2. The van der Waals surface area contributed by atoms with E-state index in [1.165, 1.54) is 6.07 Å². The van der Waals surface area contributed by atoms with Crippen LogP contribution in [-0.2, 0) is 11.0 Å². The van der Waals surface area contributed by atoms with Crippen LogP contribution >= 0.6 is 0 Å². The third-order valence-electron chi connectivity index (χ3n) is 3.81. The molecule has 0 aliphatic carbocycles. The zero-order valence-electron chi connectivity index (χ0n) is 12.6. The molecule has 1 saturated heterocycles. The molecule has 0 spiro atoms. The number of piperidine rings is 1. The summed E-state index contributed by atoms with van der Waals surface area (Å²) in [5.74, 6) is 0.102. The van der Waals surface area contributed by atoms with Gasteiger partial charge in [0.1, 0.15) is 11.9 Å². The Labute approximate surface area is 136 Å². The minimum Gasteiger partial charge on any atom is -0.358 e. The van der Waals surface area contributed by atoms with Gasteiger partial charge in [-0.15, -0.1) is 0 Å². The van der Waals surface area contributed by atoms with Gasteiger partial charge in [0.25, 0.3) is 0 Å². The lowest BCUT2D eigenvalue weighted by atomic mass is 10.0. The van der Waals surface area contributed by atoms with Gasteiger partial charge in [-0.2, -0.15) is 13.2 Å². The summed E-state index contributed by atoms with van der Waals surface area (Å²) in [5.41, 5.74) is -0.116. The van der Waals surface area contributed by atoms with Crippen LogP contribution in [-0.4, -0.2) is 28.5 Å². The van der Waals surface area contributed by atoms with E-state index in [0.717, 1.165) is 18.7 Å². The van der Waals surface area contributed by atoms with Gasteiger partial charge in [-0.1, -0.05) is 0 Å². The summed E-state index contributed by atoms with van der Waals surface area (Å²) >= 11 is 0. The third kappa shape index (κ3) is 3.47. The number of nitrogens with one attached hydrogen (secondary N) is 1. The predicted octanol–water partition coefficient (Wildman–Crippen LogP) is 3.10. The van der Waals surface area contributed by atoms with Crippen molar-refractivity contribution in [1.29, 1.82) is 0 Å². The Morgan fingerprint density at radius 2 is 2.04 bits per heavy atom. The molecule has 1 N–H and O–H groups in total. The first-order valence-corrected chi connectivity index (χ1v) is 7.46. The molecular weight excluding hydrogens is 321 g/mol. The van der Waals surface area contributed by atoms with Gasteiger partial charge in [0, 0.05) is 18.9 Å². The van der Waals surface area contributed by atoms with Crippen molar-refractivity contribution in [2.45, 2.75) is 25.1 Å². The van der Waals surface area contributed by atoms with Crippen LogP contribution in [0.2, 0.25) is 0 Å². The molecule has 1 atom stereocenters. The van der Waals surface area contributed by atoms with Crippen molar-refractivity contribution in [2.24, 2.45) is 0 Å². The molecule has 5 nitrogen and oxygen atoms in total. The van der Waals surface area contributed by atoms with E-state index >= 15 is 0 Å². The lowest BCUT2D eigenvalue weighted by molar-refractivity contribution is -0.137. The number of hydrogen-bond donors (Lipinski definition) is 1. The lowest BCUT2D eigenvalue weighted by Crippen LogP contribution is -2.47. The maximum atomic E-state index is 12.6. The second-order valence-corrected chi connectivity index (χ2v) is 5.47. The molecule has 1 aliphatic heterocycles. The summed E-state index contributed by atoms with van der Waals surface area (Å²) in [4.78, 5) is 22.0. The van der Waals surface area contributed by atoms with Crippen molar-refractivity contribution in [1.82, 2.24) is 9.97 Å². The van der Waals surface area contributed by atoms with E-state index in [1.54, 1.807) is 29.4 Å². The summed E-state index contributed by atoms with van der Waals surface area (Å²) in [6.45, 7) is 0.586. The lowest BCUT2D eigenvalue weighted by Gasteiger charge is -2.32. The van der Waals surface area contributed by atoms with Crippen LogP contribution < -0.4 is 10.2 Å². The first-order chi connectivity index (χ1) is 11.4. The van der Waals surface area contributed by atoms with Gasteiger partial charge in [0.2, 0.25) is 5.91 Å². The minimum absolute atomic E-state index is 0.143. The zero-order chi connectivity index (χ0) is 17.2. The molecule has 1 aliphatic rings. The Hall–Kier alpha value is -2.64. The highest BCUT2D eigenvalue weighted by Gasteiger charge is 2.32. The van der Waals surface area contributed by atoms with Gasteiger partial charge >= 0.3 is 6.18 Å². The predicted molar refractivity (Wildman–Crippen MR) is 82.5 cm³/mol. The molecular formula is C16H15F3N4O. The quantitative estimate of drug-likeness (QED) is 0.936. The third-order valence-corrected chi connectivity index (χ3v) is 3.81. The number of alkyl halides is 3. The number of halogens is 3. The highest BCUT2D eigenvalue weighted by Crippen LogP contribution is 2.29. The van der Waals surface area contributed by atoms with Crippen molar-refractivity contribution in [3.63, 3.8) is 0 Å². The molecule has 0 aromatic carbocycles. The van der Waals surface area contributed by atoms with Gasteiger partial charge in [-0.25, -0.2) is 4.98 Å². The Bertz CT molecular complexity index is 704. The molecule has 0 bridgehead atoms. The van der Waals surface area contributed by atoms with E-state index in [-0.39, 0.29) is 11.7 Å². The Balaban J connectivity index is 1.72. The van der Waals surface area contributed by atoms with Gasteiger partial charge < -0.3 is 10.2 Å². The molecule has 24 heavy (non-hydrogen) atoms. The SMILES string of the molecule is O=C1[C@@H](Nc2ccc(C(F)(F)F)cn2)CCCN1c1cccnc1. The highest BCUT2D eigenvalue weighted by molar-refractivity contribution is 5.99. The standard InChI is InChI=1S/C16H15F3N4O/c17-16(18,19)11-5-6-14(21-9-11)22-13-4-2-8-23(15(13)24)12-3-1-7-20-10-12/h1,3,5-7,9-10,13H,2,4,8H2,(H,21,22)/t13-/m0/s1. The molecule has 0 radical (unpaired) electrons. The second kappa shape index (κ2) is 6.46. The summed E-state index contributed by atoms with van der Waals surface area (Å²) in [6.07, 6.45) is 0.936. The van der Waals surface area contributed by atoms with E-state index in [9.17, 15) is 18.0 Å². The van der Waals surface area contributed by atoms with Gasteiger partial charge in [0.15, 0.2) is 0 Å². The van der Waals surface area contributed by atoms with Gasteiger partial charge in [0.05, 0.1) is 17.4 Å². The molecule has 2 aromatic rings. The van der Waals surface area contributed by atoms with E-state index in [0.29, 0.717) is 18.7 Å². The second-order valence-electron chi connectivity index (χ2n) is 5.47. The average Bonchev–Trinajstić information content (AvgIpc) is 2.57. The van der Waals surface area contributed by atoms with Gasteiger partial charge in [-0.05, 0) is 37.1 Å². The van der Waals surface area contributed by atoms with Crippen molar-refractivity contribution in [3.8, 4) is 0 Å². The smallest absolute Gasteiger partial charge is 0.358 e. The van der Waals surface area contributed by atoms with E-state index in [1.807, 2.05) is 0 Å². The molecule has 0 unspecified atom stereocenters. The Morgan fingerprint density at radius 3 is 2.67 bits per heavy atom. The number of carbonyl (C=O) groups is 1. The van der Waals surface area contributed by atoms with Gasteiger partial charge in [-0.3, -0.25) is 9.78 Å². The van der Waals surface area contributed by atoms with E-state index in [2.05, 4.69) is 15.3 Å².